The summed E-state index contributed by atoms with van der Waals surface area (Å²) in [6, 6.07) is 11.8. The Morgan fingerprint density at radius 2 is 2.00 bits per heavy atom. The normalized spacial score (nSPS) is 18.0. The van der Waals surface area contributed by atoms with Crippen molar-refractivity contribution in [3.8, 4) is 11.1 Å². The minimum absolute atomic E-state index is 0.00880. The Kier molecular flexibility index (Phi) is 4.04. The predicted molar refractivity (Wildman–Crippen MR) is 112 cm³/mol. The van der Waals surface area contributed by atoms with Crippen molar-refractivity contribution in [2.75, 3.05) is 25.1 Å². The predicted octanol–water partition coefficient (Wildman–Crippen LogP) is 2.28. The Labute approximate surface area is 168 Å². The maximum absolute atomic E-state index is 11.9. The van der Waals surface area contributed by atoms with E-state index in [9.17, 15) is 8.42 Å². The summed E-state index contributed by atoms with van der Waals surface area (Å²) in [6.45, 7) is 0.916. The number of aromatic nitrogens is 4. The third kappa shape index (κ3) is 3.12. The molecule has 0 aliphatic carbocycles. The summed E-state index contributed by atoms with van der Waals surface area (Å²) in [4.78, 5) is 9.36. The van der Waals surface area contributed by atoms with Gasteiger partial charge >= 0.3 is 0 Å². The number of fused-ring (bicyclic) bond motifs is 2. The molecule has 0 spiro atoms. The van der Waals surface area contributed by atoms with Crippen LogP contribution < -0.4 is 5.73 Å². The van der Waals surface area contributed by atoms with Gasteiger partial charge in [-0.05, 0) is 18.6 Å². The van der Waals surface area contributed by atoms with Crippen LogP contribution in [0.2, 0.25) is 0 Å². The van der Waals surface area contributed by atoms with E-state index in [1.807, 2.05) is 30.5 Å². The third-order valence-electron chi connectivity index (χ3n) is 5.46. The van der Waals surface area contributed by atoms with Crippen LogP contribution in [-0.4, -0.2) is 51.7 Å². The van der Waals surface area contributed by atoms with E-state index in [2.05, 4.69) is 16.1 Å². The molecule has 0 amide bonds. The summed E-state index contributed by atoms with van der Waals surface area (Å²) >= 11 is 0. The first-order valence-corrected chi connectivity index (χ1v) is 11.2. The second kappa shape index (κ2) is 6.50. The molecule has 1 saturated heterocycles. The quantitative estimate of drug-likeness (QED) is 0.557. The van der Waals surface area contributed by atoms with E-state index >= 15 is 0 Å². The Morgan fingerprint density at radius 1 is 1.17 bits per heavy atom. The van der Waals surface area contributed by atoms with Gasteiger partial charge in [-0.2, -0.15) is 9.61 Å². The van der Waals surface area contributed by atoms with Crippen LogP contribution in [0.25, 0.3) is 27.7 Å². The lowest BCUT2D eigenvalue weighted by Crippen LogP contribution is -2.27. The van der Waals surface area contributed by atoms with Crippen molar-refractivity contribution in [2.24, 2.45) is 0 Å². The van der Waals surface area contributed by atoms with E-state index in [4.69, 9.17) is 10.7 Å². The van der Waals surface area contributed by atoms with E-state index in [0.717, 1.165) is 34.1 Å². The summed E-state index contributed by atoms with van der Waals surface area (Å²) in [7, 11) is -3.21. The first kappa shape index (κ1) is 18.0. The van der Waals surface area contributed by atoms with Crippen LogP contribution >= 0.6 is 0 Å². The standard InChI is InChI=1S/C20H20N6O2S/c1-29(27,28)25-7-6-14(12-25)18-9-19(21)26-20(24-18)16(11-23-26)15-8-13-4-2-3-5-17(13)22-10-15/h2-5,8-11,14H,6-7,12,21H2,1H3. The molecule has 9 heteroatoms. The van der Waals surface area contributed by atoms with Crippen LogP contribution in [-0.2, 0) is 10.0 Å². The van der Waals surface area contributed by atoms with Gasteiger partial charge in [-0.15, -0.1) is 0 Å². The van der Waals surface area contributed by atoms with Gasteiger partial charge in [-0.3, -0.25) is 4.98 Å². The van der Waals surface area contributed by atoms with E-state index in [1.165, 1.54) is 10.6 Å². The first-order valence-electron chi connectivity index (χ1n) is 9.34. The number of pyridine rings is 1. The summed E-state index contributed by atoms with van der Waals surface area (Å²) in [5.41, 5.74) is 10.4. The lowest BCUT2D eigenvalue weighted by atomic mass is 10.0. The molecule has 4 heterocycles. The average molecular weight is 408 g/mol. The highest BCUT2D eigenvalue weighted by atomic mass is 32.2. The van der Waals surface area contributed by atoms with Gasteiger partial charge in [0.1, 0.15) is 5.82 Å². The molecule has 3 aromatic heterocycles. The van der Waals surface area contributed by atoms with Crippen LogP contribution in [0, 0.1) is 0 Å². The van der Waals surface area contributed by atoms with Crippen molar-refractivity contribution in [1.29, 1.82) is 0 Å². The number of hydrogen-bond donors (Lipinski definition) is 1. The highest BCUT2D eigenvalue weighted by Crippen LogP contribution is 2.32. The lowest BCUT2D eigenvalue weighted by Gasteiger charge is -2.14. The van der Waals surface area contributed by atoms with Gasteiger partial charge in [0.2, 0.25) is 10.0 Å². The molecule has 0 radical (unpaired) electrons. The van der Waals surface area contributed by atoms with Gasteiger partial charge in [0.25, 0.3) is 0 Å². The number of para-hydroxylation sites is 1. The third-order valence-corrected chi connectivity index (χ3v) is 6.73. The van der Waals surface area contributed by atoms with Crippen molar-refractivity contribution in [1.82, 2.24) is 23.9 Å². The number of nitrogens with two attached hydrogens (primary N) is 1. The van der Waals surface area contributed by atoms with Crippen molar-refractivity contribution in [2.45, 2.75) is 12.3 Å². The highest BCUT2D eigenvalue weighted by Gasteiger charge is 2.31. The molecule has 8 nitrogen and oxygen atoms in total. The molecule has 4 aromatic rings. The second-order valence-corrected chi connectivity index (χ2v) is 9.41. The monoisotopic (exact) mass is 408 g/mol. The molecule has 29 heavy (non-hydrogen) atoms. The van der Waals surface area contributed by atoms with Gasteiger partial charge in [0, 0.05) is 47.8 Å². The summed E-state index contributed by atoms with van der Waals surface area (Å²) in [5, 5.41) is 5.43. The van der Waals surface area contributed by atoms with Crippen LogP contribution in [0.5, 0.6) is 0 Å². The Bertz CT molecular complexity index is 1350. The number of benzene rings is 1. The van der Waals surface area contributed by atoms with Gasteiger partial charge in [0.05, 0.1) is 23.7 Å². The molecule has 148 valence electrons. The van der Waals surface area contributed by atoms with E-state index < -0.39 is 10.0 Å². The number of sulfonamides is 1. The fraction of sp³-hybridized carbons (Fsp3) is 0.250. The van der Waals surface area contributed by atoms with Crippen LogP contribution in [0.4, 0.5) is 5.82 Å². The second-order valence-electron chi connectivity index (χ2n) is 7.42. The zero-order chi connectivity index (χ0) is 20.2. The molecule has 0 saturated carbocycles. The van der Waals surface area contributed by atoms with Gasteiger partial charge < -0.3 is 5.73 Å². The molecule has 1 fully saturated rings. The molecule has 5 rings (SSSR count). The number of hydrogen-bond acceptors (Lipinski definition) is 6. The molecular weight excluding hydrogens is 388 g/mol. The number of nitrogens with zero attached hydrogens (tertiary/aromatic N) is 5. The smallest absolute Gasteiger partial charge is 0.211 e. The fourth-order valence-electron chi connectivity index (χ4n) is 3.91. The molecule has 1 unspecified atom stereocenters. The molecule has 1 aliphatic heterocycles. The van der Waals surface area contributed by atoms with E-state index in [-0.39, 0.29) is 5.92 Å². The largest absolute Gasteiger partial charge is 0.384 e. The number of anilines is 1. The molecule has 1 atom stereocenters. The molecule has 2 N–H and O–H groups in total. The van der Waals surface area contributed by atoms with Gasteiger partial charge in [0.15, 0.2) is 5.65 Å². The summed E-state index contributed by atoms with van der Waals surface area (Å²) < 4.78 is 26.8. The van der Waals surface area contributed by atoms with Gasteiger partial charge in [-0.1, -0.05) is 18.2 Å². The van der Waals surface area contributed by atoms with Crippen molar-refractivity contribution in [3.05, 3.63) is 54.5 Å². The maximum Gasteiger partial charge on any atom is 0.211 e. The number of rotatable bonds is 3. The first-order chi connectivity index (χ1) is 13.9. The lowest BCUT2D eigenvalue weighted by molar-refractivity contribution is 0.477. The maximum atomic E-state index is 11.9. The topological polar surface area (TPSA) is 106 Å². The van der Waals surface area contributed by atoms with Crippen LogP contribution in [0.1, 0.15) is 18.0 Å². The van der Waals surface area contributed by atoms with Gasteiger partial charge in [-0.25, -0.2) is 17.7 Å². The van der Waals surface area contributed by atoms with Crippen molar-refractivity contribution < 1.29 is 8.42 Å². The summed E-state index contributed by atoms with van der Waals surface area (Å²) in [6.07, 6.45) is 5.51. The van der Waals surface area contributed by atoms with Crippen molar-refractivity contribution in [3.63, 3.8) is 0 Å². The van der Waals surface area contributed by atoms with Crippen molar-refractivity contribution >= 4 is 32.4 Å². The molecule has 1 aromatic carbocycles. The Balaban J connectivity index is 1.59. The minimum atomic E-state index is -3.21. The zero-order valence-corrected chi connectivity index (χ0v) is 16.7. The van der Waals surface area contributed by atoms with E-state index in [0.29, 0.717) is 24.6 Å². The molecular formula is C20H20N6O2S. The molecule has 1 aliphatic rings. The van der Waals surface area contributed by atoms with Crippen LogP contribution in [0.15, 0.2) is 48.8 Å². The Morgan fingerprint density at radius 3 is 2.79 bits per heavy atom. The average Bonchev–Trinajstić information content (AvgIpc) is 3.35. The van der Waals surface area contributed by atoms with E-state index in [1.54, 1.807) is 16.8 Å². The zero-order valence-electron chi connectivity index (χ0n) is 15.9. The summed E-state index contributed by atoms with van der Waals surface area (Å²) in [5.74, 6) is 0.484. The minimum Gasteiger partial charge on any atom is -0.384 e. The Hall–Kier alpha value is -3.04. The SMILES string of the molecule is CS(=O)(=O)N1CCC(c2cc(N)n3ncc(-c4cnc5ccccc5c4)c3n2)C1. The number of nitrogen functional groups attached to an aromatic ring is 1. The molecule has 0 bridgehead atoms. The highest BCUT2D eigenvalue weighted by molar-refractivity contribution is 7.88. The fourth-order valence-corrected chi connectivity index (χ4v) is 4.80. The van der Waals surface area contributed by atoms with Crippen LogP contribution in [0.3, 0.4) is 0 Å².